The van der Waals surface area contributed by atoms with E-state index >= 15 is 0 Å². The second-order valence-corrected chi connectivity index (χ2v) is 7.90. The summed E-state index contributed by atoms with van der Waals surface area (Å²) in [4.78, 5) is 18.1. The Balaban J connectivity index is 1.36. The lowest BCUT2D eigenvalue weighted by Gasteiger charge is -2.21. The molecule has 0 fully saturated rings. The van der Waals surface area contributed by atoms with Gasteiger partial charge in [0.15, 0.2) is 0 Å². The number of anilines is 2. The van der Waals surface area contributed by atoms with Gasteiger partial charge in [0, 0.05) is 26.9 Å². The van der Waals surface area contributed by atoms with Gasteiger partial charge < -0.3 is 10.3 Å². The van der Waals surface area contributed by atoms with Crippen LogP contribution in [0.3, 0.4) is 0 Å². The van der Waals surface area contributed by atoms with Crippen LogP contribution in [0, 0.1) is 0 Å². The molecule has 5 rings (SSSR count). The average Bonchev–Trinajstić information content (AvgIpc) is 3.19. The van der Waals surface area contributed by atoms with Gasteiger partial charge in [0.05, 0.1) is 22.6 Å². The first kappa shape index (κ1) is 17.6. The van der Waals surface area contributed by atoms with Crippen LogP contribution in [0.25, 0.3) is 10.9 Å². The standard InChI is InChI=1S/C23H18N4OS/c1-14(26-27-23(28)17-13-24-18-7-3-2-6-16(17)18)15-10-11-22-20(12-15)25-19-8-4-5-9-21(19)29-22/h2-13,24-25H,1H3,(H,27,28)/b26-14+. The zero-order valence-corrected chi connectivity index (χ0v) is 16.5. The van der Waals surface area contributed by atoms with Crippen molar-refractivity contribution in [2.75, 3.05) is 5.32 Å². The van der Waals surface area contributed by atoms with Crippen LogP contribution in [-0.4, -0.2) is 16.6 Å². The minimum absolute atomic E-state index is 0.234. The van der Waals surface area contributed by atoms with Crippen LogP contribution in [0.5, 0.6) is 0 Å². The average molecular weight is 398 g/mol. The molecule has 4 aromatic rings. The number of para-hydroxylation sites is 2. The number of nitrogens with one attached hydrogen (secondary N) is 3. The van der Waals surface area contributed by atoms with Crippen molar-refractivity contribution < 1.29 is 4.79 Å². The summed E-state index contributed by atoms with van der Waals surface area (Å²) in [6.07, 6.45) is 1.71. The number of benzene rings is 3. The van der Waals surface area contributed by atoms with E-state index in [1.807, 2.05) is 49.4 Å². The van der Waals surface area contributed by atoms with Crippen molar-refractivity contribution in [2.45, 2.75) is 16.7 Å². The first-order valence-corrected chi connectivity index (χ1v) is 10.1. The fourth-order valence-electron chi connectivity index (χ4n) is 3.38. The number of amides is 1. The minimum Gasteiger partial charge on any atom is -0.360 e. The molecular weight excluding hydrogens is 380 g/mol. The van der Waals surface area contributed by atoms with Crippen molar-refractivity contribution in [1.29, 1.82) is 0 Å². The van der Waals surface area contributed by atoms with Crippen molar-refractivity contribution in [3.63, 3.8) is 0 Å². The molecule has 0 saturated heterocycles. The lowest BCUT2D eigenvalue weighted by molar-refractivity contribution is 0.0956. The molecule has 1 amide bonds. The highest BCUT2D eigenvalue weighted by Crippen LogP contribution is 2.44. The quantitative estimate of drug-likeness (QED) is 0.276. The third kappa shape index (κ3) is 3.28. The maximum absolute atomic E-state index is 12.6. The van der Waals surface area contributed by atoms with Crippen molar-refractivity contribution >= 4 is 45.7 Å². The van der Waals surface area contributed by atoms with Crippen molar-refractivity contribution in [3.05, 3.63) is 84.1 Å². The topological polar surface area (TPSA) is 69.3 Å². The summed E-state index contributed by atoms with van der Waals surface area (Å²) < 4.78 is 0. The molecule has 1 aliphatic heterocycles. The number of fused-ring (bicyclic) bond motifs is 3. The van der Waals surface area contributed by atoms with Crippen LogP contribution < -0.4 is 10.7 Å². The van der Waals surface area contributed by atoms with Crippen molar-refractivity contribution in [2.24, 2.45) is 5.10 Å². The number of rotatable bonds is 3. The predicted molar refractivity (Wildman–Crippen MR) is 118 cm³/mol. The molecule has 0 unspecified atom stereocenters. The molecule has 1 aromatic heterocycles. The van der Waals surface area contributed by atoms with Gasteiger partial charge in [0.25, 0.3) is 5.91 Å². The molecule has 5 nitrogen and oxygen atoms in total. The van der Waals surface area contributed by atoms with Gasteiger partial charge in [-0.3, -0.25) is 4.79 Å². The third-order valence-corrected chi connectivity index (χ3v) is 6.08. The number of hydrogen-bond acceptors (Lipinski definition) is 4. The van der Waals surface area contributed by atoms with Crippen LogP contribution in [0.2, 0.25) is 0 Å². The molecule has 1 aliphatic rings. The van der Waals surface area contributed by atoms with Gasteiger partial charge in [0.1, 0.15) is 0 Å². The normalized spacial score (nSPS) is 12.8. The largest absolute Gasteiger partial charge is 0.360 e. The molecule has 0 aliphatic carbocycles. The molecule has 142 valence electrons. The zero-order chi connectivity index (χ0) is 19.8. The van der Waals surface area contributed by atoms with Crippen LogP contribution >= 0.6 is 11.8 Å². The number of carbonyl (C=O) groups is 1. The summed E-state index contributed by atoms with van der Waals surface area (Å²) >= 11 is 1.74. The van der Waals surface area contributed by atoms with E-state index in [0.717, 1.165) is 33.6 Å². The Morgan fingerprint density at radius 2 is 1.76 bits per heavy atom. The van der Waals surface area contributed by atoms with E-state index in [-0.39, 0.29) is 5.91 Å². The lowest BCUT2D eigenvalue weighted by Crippen LogP contribution is -2.19. The highest BCUT2D eigenvalue weighted by molar-refractivity contribution is 7.99. The summed E-state index contributed by atoms with van der Waals surface area (Å²) in [6.45, 7) is 1.89. The Bertz CT molecular complexity index is 1270. The van der Waals surface area contributed by atoms with E-state index in [2.05, 4.69) is 45.1 Å². The van der Waals surface area contributed by atoms with Crippen LogP contribution in [0.4, 0.5) is 11.4 Å². The number of aromatic nitrogens is 1. The molecule has 29 heavy (non-hydrogen) atoms. The second kappa shape index (κ2) is 7.14. The molecular formula is C23H18N4OS. The van der Waals surface area contributed by atoms with Crippen LogP contribution in [0.15, 0.2) is 87.8 Å². The molecule has 0 spiro atoms. The first-order valence-electron chi connectivity index (χ1n) is 9.28. The molecule has 0 bridgehead atoms. The van der Waals surface area contributed by atoms with Crippen LogP contribution in [-0.2, 0) is 0 Å². The van der Waals surface area contributed by atoms with Gasteiger partial charge in [-0.1, -0.05) is 48.2 Å². The van der Waals surface area contributed by atoms with E-state index in [9.17, 15) is 4.79 Å². The van der Waals surface area contributed by atoms with Crippen molar-refractivity contribution in [1.82, 2.24) is 10.4 Å². The number of hydrogen-bond donors (Lipinski definition) is 3. The number of H-pyrrole nitrogens is 1. The summed E-state index contributed by atoms with van der Waals surface area (Å²) in [5.41, 5.74) is 8.03. The number of carbonyl (C=O) groups excluding carboxylic acids is 1. The highest BCUT2D eigenvalue weighted by Gasteiger charge is 2.16. The van der Waals surface area contributed by atoms with Gasteiger partial charge in [-0.25, -0.2) is 5.43 Å². The fraction of sp³-hybridized carbons (Fsp3) is 0.0435. The van der Waals surface area contributed by atoms with E-state index < -0.39 is 0 Å². The number of hydrazone groups is 1. The fourth-order valence-corrected chi connectivity index (χ4v) is 4.35. The Hall–Kier alpha value is -3.51. The molecule has 3 N–H and O–H groups in total. The molecule has 0 atom stereocenters. The van der Waals surface area contributed by atoms with Gasteiger partial charge in [-0.15, -0.1) is 0 Å². The minimum atomic E-state index is -0.234. The van der Waals surface area contributed by atoms with Gasteiger partial charge in [-0.2, -0.15) is 5.10 Å². The Kier molecular flexibility index (Phi) is 4.33. The maximum Gasteiger partial charge on any atom is 0.273 e. The predicted octanol–water partition coefficient (Wildman–Crippen LogP) is 5.53. The van der Waals surface area contributed by atoms with Crippen LogP contribution in [0.1, 0.15) is 22.8 Å². The van der Waals surface area contributed by atoms with E-state index in [1.54, 1.807) is 18.0 Å². The molecule has 0 saturated carbocycles. The second-order valence-electron chi connectivity index (χ2n) is 6.82. The molecule has 0 radical (unpaired) electrons. The molecule has 6 heteroatoms. The molecule has 3 aromatic carbocycles. The highest BCUT2D eigenvalue weighted by atomic mass is 32.2. The SMILES string of the molecule is C/C(=N\NC(=O)c1c[nH]c2ccccc12)c1ccc2c(c1)Nc1ccccc1S2. The van der Waals surface area contributed by atoms with E-state index in [0.29, 0.717) is 5.56 Å². The summed E-state index contributed by atoms with van der Waals surface area (Å²) in [5, 5.41) is 8.68. The Morgan fingerprint density at radius 3 is 2.69 bits per heavy atom. The summed E-state index contributed by atoms with van der Waals surface area (Å²) in [5.74, 6) is -0.234. The van der Waals surface area contributed by atoms with Gasteiger partial charge in [0.2, 0.25) is 0 Å². The van der Waals surface area contributed by atoms with E-state index in [4.69, 9.17) is 0 Å². The lowest BCUT2D eigenvalue weighted by atomic mass is 10.1. The molecule has 2 heterocycles. The Labute approximate surface area is 172 Å². The summed E-state index contributed by atoms with van der Waals surface area (Å²) in [7, 11) is 0. The maximum atomic E-state index is 12.6. The first-order chi connectivity index (χ1) is 14.2. The monoisotopic (exact) mass is 398 g/mol. The van der Waals surface area contributed by atoms with Crippen molar-refractivity contribution in [3.8, 4) is 0 Å². The number of aromatic amines is 1. The summed E-state index contributed by atoms with van der Waals surface area (Å²) in [6, 6.07) is 22.1. The Morgan fingerprint density at radius 1 is 0.966 bits per heavy atom. The zero-order valence-electron chi connectivity index (χ0n) is 15.7. The number of nitrogens with zero attached hydrogens (tertiary/aromatic N) is 1. The van der Waals surface area contributed by atoms with E-state index in [1.165, 1.54) is 9.79 Å². The van der Waals surface area contributed by atoms with Gasteiger partial charge in [-0.05, 0) is 42.8 Å². The van der Waals surface area contributed by atoms with Gasteiger partial charge >= 0.3 is 0 Å². The third-order valence-electron chi connectivity index (χ3n) is 4.93. The smallest absolute Gasteiger partial charge is 0.273 e.